The molecule has 0 bridgehead atoms. The minimum Gasteiger partial charge on any atom is -0.410 e. The Morgan fingerprint density at radius 2 is 1.78 bits per heavy atom. The maximum Gasteiger partial charge on any atom is 0.192 e. The topological polar surface area (TPSA) is 38.7 Å². The van der Waals surface area contributed by atoms with Gasteiger partial charge in [0, 0.05) is 6.42 Å². The Kier molecular flexibility index (Phi) is 5.84. The number of hydrogen-bond acceptors (Lipinski definition) is 3. The van der Waals surface area contributed by atoms with E-state index < -0.39 is 14.4 Å². The van der Waals surface area contributed by atoms with Crippen LogP contribution in [0.5, 0.6) is 0 Å². The van der Waals surface area contributed by atoms with Gasteiger partial charge in [-0.2, -0.15) is 0 Å². The van der Waals surface area contributed by atoms with Crippen molar-refractivity contribution in [3.63, 3.8) is 0 Å². The summed E-state index contributed by atoms with van der Waals surface area (Å²) in [5, 5.41) is 10.2. The maximum atomic E-state index is 9.99. The molecule has 1 aromatic carbocycles. The highest BCUT2D eigenvalue weighted by atomic mass is 28.4. The first-order valence-corrected chi connectivity index (χ1v) is 11.3. The van der Waals surface area contributed by atoms with Crippen LogP contribution in [-0.4, -0.2) is 32.2 Å². The average molecular weight is 335 g/mol. The van der Waals surface area contributed by atoms with Crippen LogP contribution in [0.2, 0.25) is 18.1 Å². The first kappa shape index (κ1) is 18.4. The van der Waals surface area contributed by atoms with Gasteiger partial charge in [-0.1, -0.05) is 57.2 Å². The molecule has 0 heterocycles. The summed E-state index contributed by atoms with van der Waals surface area (Å²) in [6, 6.07) is 10.1. The first-order valence-electron chi connectivity index (χ1n) is 8.37. The summed E-state index contributed by atoms with van der Waals surface area (Å²) >= 11 is 0. The average Bonchev–Trinajstić information content (AvgIpc) is 2.78. The lowest BCUT2D eigenvalue weighted by Gasteiger charge is -2.39. The minimum atomic E-state index is -1.85. The van der Waals surface area contributed by atoms with Crippen LogP contribution < -0.4 is 0 Å². The van der Waals surface area contributed by atoms with Crippen molar-refractivity contribution in [2.75, 3.05) is 6.61 Å². The molecule has 1 aromatic rings. The zero-order chi connectivity index (χ0) is 17.1. The summed E-state index contributed by atoms with van der Waals surface area (Å²) < 4.78 is 12.3. The van der Waals surface area contributed by atoms with Crippen molar-refractivity contribution in [3.05, 3.63) is 47.5 Å². The third-order valence-corrected chi connectivity index (χ3v) is 9.39. The van der Waals surface area contributed by atoms with E-state index in [1.807, 2.05) is 24.3 Å². The second-order valence-corrected chi connectivity index (χ2v) is 12.6. The standard InChI is InChI=1S/C19H30O3Si/c1-19(2,3)23(4,5)22-18-12-17(20)11-16(18)14-21-13-15-9-7-6-8-10-15/h6-11,17-18,20H,12-14H2,1-5H3/t17-,18?/m0/s1. The third-order valence-electron chi connectivity index (χ3n) is 4.90. The van der Waals surface area contributed by atoms with Crippen LogP contribution in [0.25, 0.3) is 0 Å². The fraction of sp³-hybridized carbons (Fsp3) is 0.579. The van der Waals surface area contributed by atoms with Gasteiger partial charge in [0.1, 0.15) is 0 Å². The third kappa shape index (κ3) is 5.01. The number of aliphatic hydroxyl groups excluding tert-OH is 1. The van der Waals surface area contributed by atoms with Gasteiger partial charge in [0.15, 0.2) is 8.32 Å². The monoisotopic (exact) mass is 334 g/mol. The molecule has 2 rings (SSSR count). The molecule has 1 aliphatic rings. The Labute approximate surface area is 141 Å². The van der Waals surface area contributed by atoms with Gasteiger partial charge in [0.05, 0.1) is 25.4 Å². The fourth-order valence-electron chi connectivity index (χ4n) is 2.45. The van der Waals surface area contributed by atoms with E-state index in [9.17, 15) is 5.11 Å². The summed E-state index contributed by atoms with van der Waals surface area (Å²) in [4.78, 5) is 0. The summed E-state index contributed by atoms with van der Waals surface area (Å²) in [7, 11) is -1.85. The van der Waals surface area contributed by atoms with Gasteiger partial charge in [-0.15, -0.1) is 0 Å². The normalized spacial score (nSPS) is 22.3. The number of hydrogen-bond donors (Lipinski definition) is 1. The predicted molar refractivity (Wildman–Crippen MR) is 96.9 cm³/mol. The largest absolute Gasteiger partial charge is 0.410 e. The molecule has 0 aromatic heterocycles. The van der Waals surface area contributed by atoms with Crippen LogP contribution in [-0.2, 0) is 15.8 Å². The van der Waals surface area contributed by atoms with Crippen LogP contribution in [0.4, 0.5) is 0 Å². The minimum absolute atomic E-state index is 0.0123. The molecule has 1 N–H and O–H groups in total. The molecule has 4 heteroatoms. The zero-order valence-electron chi connectivity index (χ0n) is 15.0. The van der Waals surface area contributed by atoms with Crippen molar-refractivity contribution in [2.24, 2.45) is 0 Å². The van der Waals surface area contributed by atoms with Crippen LogP contribution in [0, 0.1) is 0 Å². The Morgan fingerprint density at radius 1 is 1.13 bits per heavy atom. The second-order valence-electron chi connectivity index (χ2n) is 7.89. The molecule has 0 radical (unpaired) electrons. The molecular formula is C19H30O3Si. The van der Waals surface area contributed by atoms with Crippen LogP contribution >= 0.6 is 0 Å². The molecule has 23 heavy (non-hydrogen) atoms. The van der Waals surface area contributed by atoms with E-state index in [1.165, 1.54) is 0 Å². The van der Waals surface area contributed by atoms with Crippen molar-refractivity contribution in [1.29, 1.82) is 0 Å². The highest BCUT2D eigenvalue weighted by Crippen LogP contribution is 2.39. The first-order chi connectivity index (χ1) is 10.7. The highest BCUT2D eigenvalue weighted by Gasteiger charge is 2.41. The molecule has 0 spiro atoms. The van der Waals surface area contributed by atoms with Gasteiger partial charge in [-0.25, -0.2) is 0 Å². The van der Waals surface area contributed by atoms with E-state index in [1.54, 1.807) is 0 Å². The van der Waals surface area contributed by atoms with Crippen molar-refractivity contribution in [3.8, 4) is 0 Å². The second kappa shape index (κ2) is 7.30. The zero-order valence-corrected chi connectivity index (χ0v) is 16.0. The van der Waals surface area contributed by atoms with E-state index in [0.717, 1.165) is 11.1 Å². The molecule has 0 saturated heterocycles. The molecule has 2 atom stereocenters. The van der Waals surface area contributed by atoms with Gasteiger partial charge < -0.3 is 14.3 Å². The van der Waals surface area contributed by atoms with Crippen molar-refractivity contribution < 1.29 is 14.3 Å². The predicted octanol–water partition coefficient (Wildman–Crippen LogP) is 4.28. The fourth-order valence-corrected chi connectivity index (χ4v) is 3.76. The van der Waals surface area contributed by atoms with Crippen LogP contribution in [0.3, 0.4) is 0 Å². The molecule has 0 saturated carbocycles. The van der Waals surface area contributed by atoms with E-state index in [2.05, 4.69) is 46.0 Å². The summed E-state index contributed by atoms with van der Waals surface area (Å²) in [6.45, 7) is 12.3. The lowest BCUT2D eigenvalue weighted by atomic mass is 10.2. The van der Waals surface area contributed by atoms with Crippen LogP contribution in [0.15, 0.2) is 42.0 Å². The van der Waals surface area contributed by atoms with E-state index in [0.29, 0.717) is 19.6 Å². The Balaban J connectivity index is 1.93. The van der Waals surface area contributed by atoms with E-state index >= 15 is 0 Å². The molecule has 1 unspecified atom stereocenters. The molecule has 0 fully saturated rings. The smallest absolute Gasteiger partial charge is 0.192 e. The Morgan fingerprint density at radius 3 is 2.39 bits per heavy atom. The van der Waals surface area contributed by atoms with Crippen molar-refractivity contribution in [2.45, 2.75) is 64.1 Å². The lowest BCUT2D eigenvalue weighted by Crippen LogP contribution is -2.44. The molecule has 0 amide bonds. The Hall–Kier alpha value is -0.943. The van der Waals surface area contributed by atoms with E-state index in [-0.39, 0.29) is 11.1 Å². The quantitative estimate of drug-likeness (QED) is 0.623. The highest BCUT2D eigenvalue weighted by molar-refractivity contribution is 6.74. The molecule has 128 valence electrons. The number of aliphatic hydroxyl groups is 1. The van der Waals surface area contributed by atoms with Gasteiger partial charge in [-0.3, -0.25) is 0 Å². The number of benzene rings is 1. The molecule has 3 nitrogen and oxygen atoms in total. The summed E-state index contributed by atoms with van der Waals surface area (Å²) in [6.07, 6.45) is 2.13. The van der Waals surface area contributed by atoms with E-state index in [4.69, 9.17) is 9.16 Å². The molecular weight excluding hydrogens is 304 g/mol. The maximum absolute atomic E-state index is 9.99. The SMILES string of the molecule is CC(C)(C)[Si](C)(C)OC1C[C@@H](O)C=C1COCc1ccccc1. The van der Waals surface area contributed by atoms with Gasteiger partial charge in [0.2, 0.25) is 0 Å². The summed E-state index contributed by atoms with van der Waals surface area (Å²) in [5.74, 6) is 0. The number of ether oxygens (including phenoxy) is 1. The van der Waals surface area contributed by atoms with Crippen molar-refractivity contribution >= 4 is 8.32 Å². The lowest BCUT2D eigenvalue weighted by molar-refractivity contribution is 0.113. The molecule has 1 aliphatic carbocycles. The van der Waals surface area contributed by atoms with Gasteiger partial charge in [0.25, 0.3) is 0 Å². The van der Waals surface area contributed by atoms with Gasteiger partial charge >= 0.3 is 0 Å². The molecule has 0 aliphatic heterocycles. The van der Waals surface area contributed by atoms with Gasteiger partial charge in [-0.05, 0) is 29.3 Å². The Bertz CT molecular complexity index is 531. The van der Waals surface area contributed by atoms with Crippen LogP contribution in [0.1, 0.15) is 32.8 Å². The number of rotatable bonds is 6. The van der Waals surface area contributed by atoms with Crippen molar-refractivity contribution in [1.82, 2.24) is 0 Å². The summed E-state index contributed by atoms with van der Waals surface area (Å²) in [5.41, 5.74) is 2.24.